The van der Waals surface area contributed by atoms with E-state index in [0.29, 0.717) is 5.35 Å². The number of aromatic carboxylic acids is 1. The molecule has 0 unspecified atom stereocenters. The fourth-order valence-corrected chi connectivity index (χ4v) is 3.27. The molecule has 0 bridgehead atoms. The molecule has 0 aliphatic carbocycles. The summed E-state index contributed by atoms with van der Waals surface area (Å²) >= 11 is -1.25. The third kappa shape index (κ3) is 2.04. The van der Waals surface area contributed by atoms with Gasteiger partial charge in [0.15, 0.2) is 0 Å². The Kier molecular flexibility index (Phi) is 2.64. The van der Waals surface area contributed by atoms with Crippen LogP contribution in [0.4, 0.5) is 13.2 Å². The van der Waals surface area contributed by atoms with Crippen molar-refractivity contribution >= 4 is 40.4 Å². The minimum Gasteiger partial charge on any atom is -0.477 e. The second-order valence-corrected chi connectivity index (χ2v) is 5.47. The van der Waals surface area contributed by atoms with Crippen LogP contribution >= 0.6 is 20.7 Å². The predicted octanol–water partition coefficient (Wildman–Crippen LogP) is 0.950. The van der Waals surface area contributed by atoms with Gasteiger partial charge in [-0.1, -0.05) is 20.7 Å². The molecule has 1 aliphatic heterocycles. The number of hydrogen-bond acceptors (Lipinski definition) is 1. The Hall–Kier alpha value is -1.12. The first-order chi connectivity index (χ1) is 7.38. The zero-order chi connectivity index (χ0) is 11.9. The molecule has 1 aromatic rings. The number of hydrogen-bond donors (Lipinski definition) is 2. The second-order valence-electron chi connectivity index (χ2n) is 3.07. The Bertz CT molecular complexity index is 597. The Labute approximate surface area is 97.0 Å². The molecular weight excluding hydrogens is 338 g/mol. The molecule has 0 fully saturated rings. The largest absolute Gasteiger partial charge is 0.477 e. The van der Waals surface area contributed by atoms with E-state index in [4.69, 9.17) is 5.11 Å². The number of aromatic nitrogens is 1. The molecule has 16 heavy (non-hydrogen) atoms. The number of fused-ring (bicyclic) bond motifs is 1. The van der Waals surface area contributed by atoms with Gasteiger partial charge in [-0.05, 0) is 16.2 Å². The minimum atomic E-state index is -4.32. The van der Waals surface area contributed by atoms with Crippen LogP contribution in [0.15, 0.2) is 6.07 Å². The van der Waals surface area contributed by atoms with Crippen LogP contribution in [0.1, 0.15) is 10.5 Å². The van der Waals surface area contributed by atoms with Crippen molar-refractivity contribution < 1.29 is 23.1 Å². The van der Waals surface area contributed by atoms with Gasteiger partial charge in [0.05, 0.1) is 8.86 Å². The zero-order valence-corrected chi connectivity index (χ0v) is 9.76. The summed E-state index contributed by atoms with van der Waals surface area (Å²) in [6.45, 7) is 0. The molecule has 7 heteroatoms. The van der Waals surface area contributed by atoms with Crippen molar-refractivity contribution in [2.24, 2.45) is 0 Å². The minimum absolute atomic E-state index is 0.0927. The van der Waals surface area contributed by atoms with Gasteiger partial charge in [0.2, 0.25) is 0 Å². The molecule has 0 saturated heterocycles. The molecule has 2 N–H and O–H groups in total. The van der Waals surface area contributed by atoms with Crippen LogP contribution in [-0.4, -0.2) is 25.7 Å². The van der Waals surface area contributed by atoms with Gasteiger partial charge >= 0.3 is 12.1 Å². The monoisotopic (exact) mass is 343 g/mol. The Balaban J connectivity index is 2.55. The number of nitrogens with one attached hydrogen (secondary N) is 1. The number of halogens is 4. The van der Waals surface area contributed by atoms with Crippen LogP contribution < -0.4 is 10.6 Å². The van der Waals surface area contributed by atoms with Gasteiger partial charge in [0.1, 0.15) is 5.69 Å². The molecule has 0 amide bonds. The SMILES string of the molecule is O=C(O)c1cc2c([nH]1)=CI=C(C(F)(F)F)C=2. The molecule has 0 aromatic carbocycles. The Morgan fingerprint density at radius 2 is 2.12 bits per heavy atom. The number of alkyl halides is 3. The van der Waals surface area contributed by atoms with E-state index in [2.05, 4.69) is 4.98 Å². The van der Waals surface area contributed by atoms with Crippen LogP contribution in [0.2, 0.25) is 0 Å². The van der Waals surface area contributed by atoms with Crippen LogP contribution in [0.5, 0.6) is 0 Å². The van der Waals surface area contributed by atoms with Crippen molar-refractivity contribution in [3.63, 3.8) is 0 Å². The van der Waals surface area contributed by atoms with Crippen molar-refractivity contribution in [3.05, 3.63) is 22.3 Å². The maximum atomic E-state index is 12.4. The summed E-state index contributed by atoms with van der Waals surface area (Å²) in [5, 5.41) is 9.44. The first-order valence-electron chi connectivity index (χ1n) is 4.10. The van der Waals surface area contributed by atoms with E-state index in [0.717, 1.165) is 6.08 Å². The molecule has 2 heterocycles. The molecule has 1 aliphatic rings. The topological polar surface area (TPSA) is 53.1 Å². The molecule has 0 spiro atoms. The molecule has 2 rings (SSSR count). The average molecular weight is 343 g/mol. The highest BCUT2D eigenvalue weighted by Gasteiger charge is 2.33. The number of carbonyl (C=O) groups is 1. The fraction of sp³-hybridized carbons (Fsp3) is 0.111. The maximum Gasteiger partial charge on any atom is 0.421 e. The van der Waals surface area contributed by atoms with Crippen molar-refractivity contribution in [2.75, 3.05) is 0 Å². The standard InChI is InChI=1S/C9H5F3INO2/c10-9(11,12)7-2-4-1-5(8(15)16)14-6(4)3-13-7/h1-3,14H,(H,15,16). The lowest BCUT2D eigenvalue weighted by Crippen LogP contribution is -2.29. The van der Waals surface area contributed by atoms with Crippen molar-refractivity contribution in [1.29, 1.82) is 0 Å². The highest BCUT2D eigenvalue weighted by atomic mass is 127. The Morgan fingerprint density at radius 3 is 2.69 bits per heavy atom. The average Bonchev–Trinajstić information content (AvgIpc) is 2.58. The third-order valence-electron chi connectivity index (χ3n) is 1.94. The molecule has 86 valence electrons. The van der Waals surface area contributed by atoms with E-state index < -0.39 is 36.4 Å². The lowest BCUT2D eigenvalue weighted by molar-refractivity contribution is -0.0541. The summed E-state index contributed by atoms with van der Waals surface area (Å²) < 4.78 is 38.1. The molecule has 1 aromatic heterocycles. The van der Waals surface area contributed by atoms with Gasteiger partial charge in [0, 0.05) is 5.22 Å². The summed E-state index contributed by atoms with van der Waals surface area (Å²) in [5.74, 6) is -1.18. The number of rotatable bonds is 1. The van der Waals surface area contributed by atoms with E-state index in [1.165, 1.54) is 10.1 Å². The second kappa shape index (κ2) is 3.72. The smallest absolute Gasteiger partial charge is 0.421 e. The highest BCUT2D eigenvalue weighted by molar-refractivity contribution is 14.2. The highest BCUT2D eigenvalue weighted by Crippen LogP contribution is 2.24. The van der Waals surface area contributed by atoms with Gasteiger partial charge in [-0.3, -0.25) is 0 Å². The van der Waals surface area contributed by atoms with Crippen LogP contribution in [-0.2, 0) is 0 Å². The molecule has 3 nitrogen and oxygen atoms in total. The first kappa shape index (κ1) is 11.4. The van der Waals surface area contributed by atoms with Crippen molar-refractivity contribution in [2.45, 2.75) is 6.18 Å². The van der Waals surface area contributed by atoms with Gasteiger partial charge < -0.3 is 10.1 Å². The predicted molar refractivity (Wildman–Crippen MR) is 61.0 cm³/mol. The lowest BCUT2D eigenvalue weighted by atomic mass is 10.3. The van der Waals surface area contributed by atoms with Crippen LogP contribution in [0, 0.1) is 0 Å². The van der Waals surface area contributed by atoms with Gasteiger partial charge in [-0.25, -0.2) is 4.79 Å². The van der Waals surface area contributed by atoms with Crippen molar-refractivity contribution in [1.82, 2.24) is 4.98 Å². The quantitative estimate of drug-likeness (QED) is 0.747. The summed E-state index contributed by atoms with van der Waals surface area (Å²) in [6, 6.07) is 1.21. The van der Waals surface area contributed by atoms with E-state index in [1.54, 1.807) is 0 Å². The number of aromatic amines is 1. The van der Waals surface area contributed by atoms with Gasteiger partial charge in [0.25, 0.3) is 0 Å². The van der Waals surface area contributed by atoms with Crippen molar-refractivity contribution in [3.8, 4) is 0 Å². The maximum absolute atomic E-state index is 12.4. The Morgan fingerprint density at radius 1 is 1.44 bits per heavy atom. The van der Waals surface area contributed by atoms with Crippen LogP contribution in [0.3, 0.4) is 0 Å². The molecule has 0 radical (unpaired) electrons. The molecule has 0 saturated carbocycles. The number of carboxylic acid groups (broad SMARTS) is 1. The summed E-state index contributed by atoms with van der Waals surface area (Å²) in [5.41, 5.74) is -0.0927. The van der Waals surface area contributed by atoms with Gasteiger partial charge in [-0.15, -0.1) is 0 Å². The number of carboxylic acids is 1. The number of H-pyrrole nitrogens is 1. The summed E-state index contributed by atoms with van der Waals surface area (Å²) in [7, 11) is 0. The lowest BCUT2D eigenvalue weighted by Gasteiger charge is -2.06. The summed E-state index contributed by atoms with van der Waals surface area (Å²) in [6.07, 6.45) is -3.30. The van der Waals surface area contributed by atoms with Gasteiger partial charge in [-0.2, -0.15) is 13.2 Å². The third-order valence-corrected chi connectivity index (χ3v) is 4.47. The summed E-state index contributed by atoms with van der Waals surface area (Å²) in [4.78, 5) is 13.2. The van der Waals surface area contributed by atoms with Crippen LogP contribution in [0.25, 0.3) is 10.2 Å². The first-order valence-corrected chi connectivity index (χ1v) is 6.42. The van der Waals surface area contributed by atoms with E-state index in [1.807, 2.05) is 0 Å². The molecular formula is C9H5F3INO2. The fourth-order valence-electron chi connectivity index (χ4n) is 1.24. The zero-order valence-electron chi connectivity index (χ0n) is 7.60. The molecule has 0 atom stereocenters. The van der Waals surface area contributed by atoms with E-state index in [9.17, 15) is 18.0 Å². The normalized spacial score (nSPS) is 15.1. The van der Waals surface area contributed by atoms with E-state index >= 15 is 0 Å². The van der Waals surface area contributed by atoms with E-state index in [-0.39, 0.29) is 10.9 Å².